The van der Waals surface area contributed by atoms with E-state index in [1.165, 1.54) is 0 Å². The summed E-state index contributed by atoms with van der Waals surface area (Å²) in [7, 11) is 1.56. The van der Waals surface area contributed by atoms with Gasteiger partial charge in [-0.2, -0.15) is 0 Å². The Balaban J connectivity index is 2.64. The molecule has 0 aliphatic carbocycles. The van der Waals surface area contributed by atoms with Gasteiger partial charge >= 0.3 is 6.03 Å². The Bertz CT molecular complexity index is 344. The molecule has 2 amide bonds. The summed E-state index contributed by atoms with van der Waals surface area (Å²) < 4.78 is 0. The number of aliphatic hydroxyl groups excluding tert-OH is 1. The molecular weight excluding hydrogens is 192 g/mol. The fourth-order valence-electron chi connectivity index (χ4n) is 1.06. The zero-order chi connectivity index (χ0) is 11.1. The summed E-state index contributed by atoms with van der Waals surface area (Å²) in [4.78, 5) is 11.0. The molecule has 0 saturated heterocycles. The van der Waals surface area contributed by atoms with Gasteiger partial charge < -0.3 is 15.7 Å². The van der Waals surface area contributed by atoms with Gasteiger partial charge in [-0.25, -0.2) is 4.79 Å². The van der Waals surface area contributed by atoms with Crippen LogP contribution >= 0.6 is 0 Å². The van der Waals surface area contributed by atoms with E-state index in [1.807, 2.05) is 18.2 Å². The SMILES string of the molecule is CNC(=O)Nc1ccc(C=CCO)cc1. The first kappa shape index (κ1) is 11.3. The van der Waals surface area contributed by atoms with Crippen LogP contribution in [0.4, 0.5) is 10.5 Å². The Hall–Kier alpha value is -1.81. The van der Waals surface area contributed by atoms with Crippen molar-refractivity contribution in [1.29, 1.82) is 0 Å². The summed E-state index contributed by atoms with van der Waals surface area (Å²) in [5.74, 6) is 0. The maximum atomic E-state index is 11.0. The zero-order valence-corrected chi connectivity index (χ0v) is 8.53. The number of anilines is 1. The van der Waals surface area contributed by atoms with Crippen molar-refractivity contribution in [3.63, 3.8) is 0 Å². The predicted molar refractivity (Wildman–Crippen MR) is 60.6 cm³/mol. The third kappa shape index (κ3) is 3.83. The molecule has 1 rings (SSSR count). The molecule has 0 aliphatic rings. The fourth-order valence-corrected chi connectivity index (χ4v) is 1.06. The summed E-state index contributed by atoms with van der Waals surface area (Å²) in [6.07, 6.45) is 3.46. The molecule has 1 aromatic carbocycles. The molecule has 0 aliphatic heterocycles. The number of urea groups is 1. The van der Waals surface area contributed by atoms with E-state index in [0.29, 0.717) is 0 Å². The number of benzene rings is 1. The number of hydrogen-bond donors (Lipinski definition) is 3. The molecule has 0 unspecified atom stereocenters. The van der Waals surface area contributed by atoms with Crippen molar-refractivity contribution in [2.75, 3.05) is 19.0 Å². The van der Waals surface area contributed by atoms with Crippen molar-refractivity contribution < 1.29 is 9.90 Å². The summed E-state index contributed by atoms with van der Waals surface area (Å²) >= 11 is 0. The molecule has 0 heterocycles. The van der Waals surface area contributed by atoms with Crippen LogP contribution in [-0.2, 0) is 0 Å². The number of amides is 2. The van der Waals surface area contributed by atoms with Gasteiger partial charge in [0.25, 0.3) is 0 Å². The maximum absolute atomic E-state index is 11.0. The van der Waals surface area contributed by atoms with Crippen LogP contribution in [0.3, 0.4) is 0 Å². The Morgan fingerprint density at radius 2 is 2.07 bits per heavy atom. The molecular formula is C11H14N2O2. The second-order valence-electron chi connectivity index (χ2n) is 2.91. The van der Waals surface area contributed by atoms with Crippen molar-refractivity contribution in [1.82, 2.24) is 5.32 Å². The molecule has 0 radical (unpaired) electrons. The molecule has 0 spiro atoms. The molecule has 0 saturated carbocycles. The van der Waals surface area contributed by atoms with Gasteiger partial charge in [0.2, 0.25) is 0 Å². The van der Waals surface area contributed by atoms with Crippen LogP contribution in [0.1, 0.15) is 5.56 Å². The van der Waals surface area contributed by atoms with Gasteiger partial charge in [-0.3, -0.25) is 0 Å². The van der Waals surface area contributed by atoms with Crippen LogP contribution in [0.2, 0.25) is 0 Å². The van der Waals surface area contributed by atoms with E-state index < -0.39 is 0 Å². The van der Waals surface area contributed by atoms with E-state index in [1.54, 1.807) is 25.3 Å². The van der Waals surface area contributed by atoms with Gasteiger partial charge in [-0.15, -0.1) is 0 Å². The summed E-state index contributed by atoms with van der Waals surface area (Å²) in [6, 6.07) is 7.07. The second kappa shape index (κ2) is 5.82. The molecule has 4 nitrogen and oxygen atoms in total. The quantitative estimate of drug-likeness (QED) is 0.700. The average Bonchev–Trinajstić information content (AvgIpc) is 2.28. The molecule has 80 valence electrons. The minimum atomic E-state index is -0.242. The number of hydrogen-bond acceptors (Lipinski definition) is 2. The van der Waals surface area contributed by atoms with Gasteiger partial charge in [-0.1, -0.05) is 24.3 Å². The van der Waals surface area contributed by atoms with Gasteiger partial charge in [-0.05, 0) is 17.7 Å². The van der Waals surface area contributed by atoms with Crippen molar-refractivity contribution in [3.05, 3.63) is 35.9 Å². The average molecular weight is 206 g/mol. The normalized spacial score (nSPS) is 10.3. The predicted octanol–water partition coefficient (Wildman–Crippen LogP) is 1.44. The first-order valence-corrected chi connectivity index (χ1v) is 4.62. The lowest BCUT2D eigenvalue weighted by Crippen LogP contribution is -2.24. The lowest BCUT2D eigenvalue weighted by Gasteiger charge is -2.03. The zero-order valence-electron chi connectivity index (χ0n) is 8.53. The smallest absolute Gasteiger partial charge is 0.318 e. The van der Waals surface area contributed by atoms with Crippen LogP contribution < -0.4 is 10.6 Å². The lowest BCUT2D eigenvalue weighted by molar-refractivity contribution is 0.254. The van der Waals surface area contributed by atoms with E-state index in [-0.39, 0.29) is 12.6 Å². The van der Waals surface area contributed by atoms with Gasteiger partial charge in [0.15, 0.2) is 0 Å². The minimum Gasteiger partial charge on any atom is -0.392 e. The van der Waals surface area contributed by atoms with E-state index >= 15 is 0 Å². The van der Waals surface area contributed by atoms with Crippen LogP contribution in [0.15, 0.2) is 30.3 Å². The maximum Gasteiger partial charge on any atom is 0.318 e. The summed E-state index contributed by atoms with van der Waals surface area (Å²) in [6.45, 7) is 0.0260. The molecule has 0 aromatic heterocycles. The Labute approximate surface area is 88.6 Å². The van der Waals surface area contributed by atoms with Gasteiger partial charge in [0, 0.05) is 12.7 Å². The second-order valence-corrected chi connectivity index (χ2v) is 2.91. The number of carbonyl (C=O) groups excluding carboxylic acids is 1. The Kier molecular flexibility index (Phi) is 4.37. The topological polar surface area (TPSA) is 61.4 Å². The molecule has 0 atom stereocenters. The van der Waals surface area contributed by atoms with Crippen LogP contribution in [0, 0.1) is 0 Å². The minimum absolute atomic E-state index is 0.0260. The van der Waals surface area contributed by atoms with Crippen LogP contribution in [-0.4, -0.2) is 24.8 Å². The lowest BCUT2D eigenvalue weighted by atomic mass is 10.2. The molecule has 3 N–H and O–H groups in total. The number of rotatable bonds is 3. The number of nitrogens with one attached hydrogen (secondary N) is 2. The van der Waals surface area contributed by atoms with E-state index in [0.717, 1.165) is 11.3 Å². The van der Waals surface area contributed by atoms with Crippen LogP contribution in [0.25, 0.3) is 6.08 Å². The van der Waals surface area contributed by atoms with Crippen molar-refractivity contribution >= 4 is 17.8 Å². The fraction of sp³-hybridized carbons (Fsp3) is 0.182. The summed E-state index contributed by atoms with van der Waals surface area (Å²) in [5.41, 5.74) is 1.71. The van der Waals surface area contributed by atoms with E-state index in [2.05, 4.69) is 10.6 Å². The summed E-state index contributed by atoms with van der Waals surface area (Å²) in [5, 5.41) is 13.7. The van der Waals surface area contributed by atoms with Crippen molar-refractivity contribution in [3.8, 4) is 0 Å². The monoisotopic (exact) mass is 206 g/mol. The highest BCUT2D eigenvalue weighted by Gasteiger charge is 1.96. The first-order valence-electron chi connectivity index (χ1n) is 4.62. The standard InChI is InChI=1S/C11H14N2O2/c1-12-11(15)13-10-6-4-9(5-7-10)3-2-8-14/h2-7,14H,8H2,1H3,(H2,12,13,15). The number of aliphatic hydroxyl groups is 1. The highest BCUT2D eigenvalue weighted by Crippen LogP contribution is 2.10. The van der Waals surface area contributed by atoms with E-state index in [9.17, 15) is 4.79 Å². The number of carbonyl (C=O) groups is 1. The Morgan fingerprint density at radius 3 is 2.60 bits per heavy atom. The highest BCUT2D eigenvalue weighted by atomic mass is 16.2. The van der Waals surface area contributed by atoms with Crippen molar-refractivity contribution in [2.45, 2.75) is 0 Å². The van der Waals surface area contributed by atoms with Gasteiger partial charge in [0.05, 0.1) is 6.61 Å². The molecule has 1 aromatic rings. The Morgan fingerprint density at radius 1 is 1.40 bits per heavy atom. The van der Waals surface area contributed by atoms with Crippen molar-refractivity contribution in [2.24, 2.45) is 0 Å². The van der Waals surface area contributed by atoms with Crippen LogP contribution in [0.5, 0.6) is 0 Å². The molecule has 15 heavy (non-hydrogen) atoms. The first-order chi connectivity index (χ1) is 7.26. The highest BCUT2D eigenvalue weighted by molar-refractivity contribution is 5.89. The molecule has 0 fully saturated rings. The van der Waals surface area contributed by atoms with E-state index in [4.69, 9.17) is 5.11 Å². The largest absolute Gasteiger partial charge is 0.392 e. The third-order valence-corrected chi connectivity index (χ3v) is 1.81. The molecule has 4 heteroatoms. The van der Waals surface area contributed by atoms with Gasteiger partial charge in [0.1, 0.15) is 0 Å². The molecule has 0 bridgehead atoms. The third-order valence-electron chi connectivity index (χ3n) is 1.81.